The maximum absolute atomic E-state index is 5.42. The van der Waals surface area contributed by atoms with E-state index >= 15 is 0 Å². The third-order valence-electron chi connectivity index (χ3n) is 5.21. The number of nitrogens with one attached hydrogen (secondary N) is 1. The number of rotatable bonds is 6. The molecule has 7 heteroatoms. The minimum Gasteiger partial charge on any atom is -0.378 e. The van der Waals surface area contributed by atoms with Crippen LogP contribution in [0.3, 0.4) is 0 Å². The molecule has 2 aliphatic heterocycles. The minimum absolute atomic E-state index is 0.412. The fraction of sp³-hybridized carbons (Fsp3) is 0.500. The highest BCUT2D eigenvalue weighted by atomic mass is 79.9. The average Bonchev–Trinajstić information content (AvgIpc) is 3.16. The van der Waals surface area contributed by atoms with Gasteiger partial charge in [0, 0.05) is 49.4 Å². The number of hydrogen-bond donors (Lipinski definition) is 1. The van der Waals surface area contributed by atoms with E-state index in [4.69, 9.17) is 9.72 Å². The monoisotopic (exact) mass is 431 g/mol. The largest absolute Gasteiger partial charge is 0.378 e. The molecule has 1 N–H and O–H groups in total. The first-order valence-electron chi connectivity index (χ1n) is 9.65. The second kappa shape index (κ2) is 8.99. The summed E-state index contributed by atoms with van der Waals surface area (Å²) in [5.74, 6) is 1.72. The van der Waals surface area contributed by atoms with Crippen molar-refractivity contribution < 1.29 is 4.74 Å². The van der Waals surface area contributed by atoms with Gasteiger partial charge in [0.05, 0.1) is 13.2 Å². The summed E-state index contributed by atoms with van der Waals surface area (Å²) in [5, 5.41) is 3.53. The number of benzene rings is 1. The van der Waals surface area contributed by atoms with E-state index in [1.165, 1.54) is 5.56 Å². The van der Waals surface area contributed by atoms with Crippen LogP contribution in [0.2, 0.25) is 0 Å². The molecule has 3 heterocycles. The van der Waals surface area contributed by atoms with Crippen LogP contribution in [0.1, 0.15) is 12.0 Å². The number of halogens is 1. The first-order valence-corrected chi connectivity index (χ1v) is 10.4. The molecule has 2 aliphatic rings. The second-order valence-electron chi connectivity index (χ2n) is 7.14. The lowest BCUT2D eigenvalue weighted by Crippen LogP contribution is -2.37. The highest BCUT2D eigenvalue weighted by Gasteiger charge is 2.23. The lowest BCUT2D eigenvalue weighted by atomic mass is 10.1. The van der Waals surface area contributed by atoms with Gasteiger partial charge in [-0.3, -0.25) is 0 Å². The third kappa shape index (κ3) is 5.18. The molecule has 2 saturated heterocycles. The van der Waals surface area contributed by atoms with Crippen molar-refractivity contribution >= 4 is 27.7 Å². The maximum atomic E-state index is 5.42. The van der Waals surface area contributed by atoms with Crippen LogP contribution in [0, 0.1) is 0 Å². The molecule has 6 nitrogen and oxygen atoms in total. The molecule has 1 atom stereocenters. The van der Waals surface area contributed by atoms with Crippen LogP contribution >= 0.6 is 15.9 Å². The number of anilines is 2. The van der Waals surface area contributed by atoms with Gasteiger partial charge < -0.3 is 19.9 Å². The summed E-state index contributed by atoms with van der Waals surface area (Å²) in [6.07, 6.45) is 4.06. The van der Waals surface area contributed by atoms with Crippen LogP contribution in [0.15, 0.2) is 41.0 Å². The van der Waals surface area contributed by atoms with Crippen LogP contribution in [0.5, 0.6) is 0 Å². The van der Waals surface area contributed by atoms with Crippen LogP contribution in [-0.4, -0.2) is 66.8 Å². The van der Waals surface area contributed by atoms with Gasteiger partial charge in [-0.25, -0.2) is 4.98 Å². The molecule has 0 radical (unpaired) electrons. The molecular formula is C20H26BrN5O. The first kappa shape index (κ1) is 18.7. The molecule has 0 aliphatic carbocycles. The topological polar surface area (TPSA) is 53.5 Å². The summed E-state index contributed by atoms with van der Waals surface area (Å²) in [4.78, 5) is 13.9. The molecule has 4 rings (SSSR count). The molecule has 0 bridgehead atoms. The van der Waals surface area contributed by atoms with E-state index < -0.39 is 0 Å². The zero-order chi connectivity index (χ0) is 18.5. The molecule has 27 heavy (non-hydrogen) atoms. The fourth-order valence-corrected chi connectivity index (χ4v) is 3.93. The Kier molecular flexibility index (Phi) is 6.21. The first-order chi connectivity index (χ1) is 13.3. The lowest BCUT2D eigenvalue weighted by Gasteiger charge is -2.28. The van der Waals surface area contributed by atoms with Crippen molar-refractivity contribution in [1.82, 2.24) is 14.9 Å². The standard InChI is InChI=1S/C20H26BrN5O/c21-17-3-1-16(2-4-17)6-9-25-10-7-18(15-25)23-20-22-8-5-19(24-20)26-11-13-27-14-12-26/h1-5,8,18H,6-7,9-15H2,(H,22,23,24). The molecular weight excluding hydrogens is 406 g/mol. The summed E-state index contributed by atoms with van der Waals surface area (Å²) in [6, 6.07) is 11.0. The Morgan fingerprint density at radius 3 is 2.74 bits per heavy atom. The Morgan fingerprint density at radius 1 is 1.11 bits per heavy atom. The van der Waals surface area contributed by atoms with Crippen molar-refractivity contribution in [1.29, 1.82) is 0 Å². The fourth-order valence-electron chi connectivity index (χ4n) is 3.66. The van der Waals surface area contributed by atoms with Gasteiger partial charge in [-0.05, 0) is 36.6 Å². The lowest BCUT2D eigenvalue weighted by molar-refractivity contribution is 0.122. The van der Waals surface area contributed by atoms with Gasteiger partial charge in [-0.2, -0.15) is 4.98 Å². The van der Waals surface area contributed by atoms with E-state index in [-0.39, 0.29) is 0 Å². The van der Waals surface area contributed by atoms with Crippen molar-refractivity contribution in [2.45, 2.75) is 18.9 Å². The summed E-state index contributed by atoms with van der Waals surface area (Å²) < 4.78 is 6.56. The minimum atomic E-state index is 0.412. The van der Waals surface area contributed by atoms with Gasteiger partial charge >= 0.3 is 0 Å². The number of ether oxygens (including phenoxy) is 1. The Morgan fingerprint density at radius 2 is 1.93 bits per heavy atom. The van der Waals surface area contributed by atoms with Gasteiger partial charge in [0.15, 0.2) is 0 Å². The van der Waals surface area contributed by atoms with Gasteiger partial charge in [-0.1, -0.05) is 28.1 Å². The summed E-state index contributed by atoms with van der Waals surface area (Å²) in [5.41, 5.74) is 1.39. The highest BCUT2D eigenvalue weighted by Crippen LogP contribution is 2.18. The van der Waals surface area contributed by atoms with Gasteiger partial charge in [0.2, 0.25) is 5.95 Å². The smallest absolute Gasteiger partial charge is 0.224 e. The predicted octanol–water partition coefficient (Wildman–Crippen LogP) is 2.80. The quantitative estimate of drug-likeness (QED) is 0.758. The van der Waals surface area contributed by atoms with Crippen LogP contribution in [0.4, 0.5) is 11.8 Å². The molecule has 1 aromatic heterocycles. The zero-order valence-corrected chi connectivity index (χ0v) is 17.1. The van der Waals surface area contributed by atoms with E-state index in [2.05, 4.69) is 60.3 Å². The van der Waals surface area contributed by atoms with Crippen molar-refractivity contribution in [3.63, 3.8) is 0 Å². The number of hydrogen-bond acceptors (Lipinski definition) is 6. The summed E-state index contributed by atoms with van der Waals surface area (Å²) >= 11 is 3.49. The molecule has 0 amide bonds. The summed E-state index contributed by atoms with van der Waals surface area (Å²) in [7, 11) is 0. The Labute approximate surface area is 169 Å². The number of nitrogens with zero attached hydrogens (tertiary/aromatic N) is 4. The van der Waals surface area contributed by atoms with E-state index in [1.807, 2.05) is 12.3 Å². The highest BCUT2D eigenvalue weighted by molar-refractivity contribution is 9.10. The molecule has 2 fully saturated rings. The van der Waals surface area contributed by atoms with E-state index in [1.54, 1.807) is 0 Å². The van der Waals surface area contributed by atoms with Crippen molar-refractivity contribution in [3.05, 3.63) is 46.6 Å². The zero-order valence-electron chi connectivity index (χ0n) is 15.5. The molecule has 0 spiro atoms. The van der Waals surface area contributed by atoms with Crippen molar-refractivity contribution in [3.8, 4) is 0 Å². The predicted molar refractivity (Wildman–Crippen MR) is 111 cm³/mol. The van der Waals surface area contributed by atoms with Crippen molar-refractivity contribution in [2.75, 3.05) is 56.2 Å². The maximum Gasteiger partial charge on any atom is 0.224 e. The molecule has 1 aromatic carbocycles. The number of aromatic nitrogens is 2. The Hall–Kier alpha value is -1.70. The SMILES string of the molecule is Brc1ccc(CCN2CCC(Nc3nccc(N4CCOCC4)n3)C2)cc1. The van der Waals surface area contributed by atoms with Gasteiger partial charge in [0.1, 0.15) is 5.82 Å². The molecule has 0 saturated carbocycles. The molecule has 1 unspecified atom stereocenters. The second-order valence-corrected chi connectivity index (χ2v) is 8.06. The Bertz CT molecular complexity index is 735. The van der Waals surface area contributed by atoms with E-state index in [0.717, 1.165) is 75.0 Å². The number of morpholine rings is 1. The van der Waals surface area contributed by atoms with Crippen LogP contribution < -0.4 is 10.2 Å². The van der Waals surface area contributed by atoms with E-state index in [9.17, 15) is 0 Å². The van der Waals surface area contributed by atoms with Crippen LogP contribution in [-0.2, 0) is 11.2 Å². The molecule has 2 aromatic rings. The van der Waals surface area contributed by atoms with Gasteiger partial charge in [0.25, 0.3) is 0 Å². The summed E-state index contributed by atoms with van der Waals surface area (Å²) in [6.45, 7) is 6.58. The number of likely N-dealkylation sites (tertiary alicyclic amines) is 1. The van der Waals surface area contributed by atoms with Gasteiger partial charge in [-0.15, -0.1) is 0 Å². The molecule has 144 valence electrons. The third-order valence-corrected chi connectivity index (χ3v) is 5.74. The average molecular weight is 432 g/mol. The van der Waals surface area contributed by atoms with Crippen LogP contribution in [0.25, 0.3) is 0 Å². The Balaban J connectivity index is 1.27. The van der Waals surface area contributed by atoms with Crippen molar-refractivity contribution in [2.24, 2.45) is 0 Å². The normalized spacial score (nSPS) is 20.8. The van der Waals surface area contributed by atoms with E-state index in [0.29, 0.717) is 6.04 Å².